The topological polar surface area (TPSA) is 97.1 Å². The highest BCUT2D eigenvalue weighted by Gasteiger charge is 2.19. The number of hydrogen-bond acceptors (Lipinski definition) is 6. The second kappa shape index (κ2) is 9.10. The minimum absolute atomic E-state index is 0.0371. The Balaban J connectivity index is 1.85. The molecule has 0 bridgehead atoms. The number of pyridine rings is 1. The summed E-state index contributed by atoms with van der Waals surface area (Å²) in [4.78, 5) is 24.0. The van der Waals surface area contributed by atoms with Gasteiger partial charge in [0.15, 0.2) is 5.82 Å². The summed E-state index contributed by atoms with van der Waals surface area (Å²) in [7, 11) is 3.48. The number of aromatic nitrogens is 3. The largest absolute Gasteiger partial charge is 0.434 e. The van der Waals surface area contributed by atoms with Crippen LogP contribution in [-0.2, 0) is 6.54 Å². The normalized spacial score (nSPS) is 11.5. The van der Waals surface area contributed by atoms with E-state index < -0.39 is 23.9 Å². The van der Waals surface area contributed by atoms with Gasteiger partial charge in [-0.3, -0.25) is 4.79 Å². The van der Waals surface area contributed by atoms with Gasteiger partial charge in [-0.05, 0) is 44.4 Å². The maximum absolute atomic E-state index is 14.8. The zero-order valence-corrected chi connectivity index (χ0v) is 18.1. The van der Waals surface area contributed by atoms with Crippen LogP contribution in [0.5, 0.6) is 5.75 Å². The smallest absolute Gasteiger partial charge is 0.387 e. The first-order chi connectivity index (χ1) is 16.1. The molecule has 11 heteroatoms. The van der Waals surface area contributed by atoms with Gasteiger partial charge in [0, 0.05) is 40.2 Å². The second-order valence-electron chi connectivity index (χ2n) is 7.76. The molecule has 4 rings (SSSR count). The first-order valence-corrected chi connectivity index (χ1v) is 10.0. The number of nitrogen functional groups attached to an aromatic ring is 1. The highest BCUT2D eigenvalue weighted by atomic mass is 19.3. The molecule has 34 heavy (non-hydrogen) atoms. The molecule has 176 valence electrons. The highest BCUT2D eigenvalue weighted by Crippen LogP contribution is 2.32. The van der Waals surface area contributed by atoms with Gasteiger partial charge < -0.3 is 20.4 Å². The van der Waals surface area contributed by atoms with E-state index in [1.54, 1.807) is 19.0 Å². The molecule has 0 aliphatic heterocycles. The average molecular weight is 473 g/mol. The van der Waals surface area contributed by atoms with Gasteiger partial charge in [-0.1, -0.05) is 6.07 Å². The first kappa shape index (κ1) is 23.2. The minimum Gasteiger partial charge on any atom is -0.434 e. The molecule has 7 nitrogen and oxygen atoms in total. The maximum Gasteiger partial charge on any atom is 0.387 e. The van der Waals surface area contributed by atoms with Crippen LogP contribution in [0.2, 0.25) is 0 Å². The van der Waals surface area contributed by atoms with E-state index in [-0.39, 0.29) is 45.8 Å². The molecule has 0 amide bonds. The Kier molecular flexibility index (Phi) is 6.20. The van der Waals surface area contributed by atoms with Gasteiger partial charge in [0.1, 0.15) is 23.0 Å². The number of nitrogens with zero attached hydrogens (tertiary/aromatic N) is 3. The molecule has 0 saturated carbocycles. The van der Waals surface area contributed by atoms with E-state index in [0.717, 1.165) is 6.20 Å². The van der Waals surface area contributed by atoms with Crippen LogP contribution in [-0.4, -0.2) is 40.6 Å². The van der Waals surface area contributed by atoms with Crippen LogP contribution in [0.15, 0.2) is 47.4 Å². The lowest BCUT2D eigenvalue weighted by atomic mass is 10.0. The Hall–Kier alpha value is -3.99. The lowest BCUT2D eigenvalue weighted by Gasteiger charge is -2.16. The molecule has 0 radical (unpaired) electrons. The fourth-order valence-electron chi connectivity index (χ4n) is 3.60. The standard InChI is InChI=1S/C23H19F4N5O2/c1-32(2)10-13-7-11(4-6-17(13)34-23(26)27)18-20(25)31-21(28)19(30-18)12-3-5-14-15(8-12)16(24)9-29-22(14)33/h3-9,23H,10H2,1-2H3,(H2,28,31)(H,29,33). The van der Waals surface area contributed by atoms with Crippen LogP contribution < -0.4 is 16.0 Å². The third-order valence-electron chi connectivity index (χ3n) is 5.04. The number of alkyl halides is 2. The Bertz CT molecular complexity index is 1440. The van der Waals surface area contributed by atoms with Crippen molar-refractivity contribution in [3.05, 3.63) is 70.3 Å². The molecule has 0 fully saturated rings. The fourth-order valence-corrected chi connectivity index (χ4v) is 3.60. The van der Waals surface area contributed by atoms with Gasteiger partial charge in [0.05, 0.1) is 0 Å². The summed E-state index contributed by atoms with van der Waals surface area (Å²) < 4.78 is 59.2. The van der Waals surface area contributed by atoms with E-state index in [0.29, 0.717) is 11.1 Å². The number of halogens is 4. The average Bonchev–Trinajstić information content (AvgIpc) is 2.77. The van der Waals surface area contributed by atoms with Crippen molar-refractivity contribution in [1.29, 1.82) is 0 Å². The third-order valence-corrected chi connectivity index (χ3v) is 5.04. The van der Waals surface area contributed by atoms with E-state index >= 15 is 0 Å². The van der Waals surface area contributed by atoms with E-state index in [1.165, 1.54) is 36.4 Å². The summed E-state index contributed by atoms with van der Waals surface area (Å²) in [6.07, 6.45) is 0.939. The van der Waals surface area contributed by atoms with Crippen LogP contribution in [0.25, 0.3) is 33.3 Å². The number of anilines is 1. The summed E-state index contributed by atoms with van der Waals surface area (Å²) >= 11 is 0. The van der Waals surface area contributed by atoms with E-state index in [9.17, 15) is 22.4 Å². The molecule has 0 unspecified atom stereocenters. The number of H-pyrrole nitrogens is 1. The number of nitrogens with two attached hydrogens (primary N) is 1. The van der Waals surface area contributed by atoms with Crippen molar-refractivity contribution in [2.75, 3.05) is 19.8 Å². The summed E-state index contributed by atoms with van der Waals surface area (Å²) in [6.45, 7) is -2.78. The van der Waals surface area contributed by atoms with Gasteiger partial charge in [0.25, 0.3) is 5.56 Å². The zero-order chi connectivity index (χ0) is 24.6. The Labute approximate surface area is 190 Å². The number of nitrogens with one attached hydrogen (secondary N) is 1. The zero-order valence-electron chi connectivity index (χ0n) is 18.1. The monoisotopic (exact) mass is 473 g/mol. The number of rotatable bonds is 6. The molecule has 2 heterocycles. The third kappa shape index (κ3) is 4.55. The van der Waals surface area contributed by atoms with Gasteiger partial charge >= 0.3 is 6.61 Å². The summed E-state index contributed by atoms with van der Waals surface area (Å²) in [5, 5.41) is 0.163. The second-order valence-corrected chi connectivity index (χ2v) is 7.76. The highest BCUT2D eigenvalue weighted by molar-refractivity contribution is 5.88. The van der Waals surface area contributed by atoms with Gasteiger partial charge in [0.2, 0.25) is 5.95 Å². The van der Waals surface area contributed by atoms with Crippen LogP contribution in [0.3, 0.4) is 0 Å². The van der Waals surface area contributed by atoms with Crippen molar-refractivity contribution in [2.24, 2.45) is 0 Å². The molecule has 0 aliphatic carbocycles. The number of hydrogen-bond donors (Lipinski definition) is 2. The predicted molar refractivity (Wildman–Crippen MR) is 119 cm³/mol. The van der Waals surface area contributed by atoms with Gasteiger partial charge in [-0.2, -0.15) is 18.2 Å². The summed E-state index contributed by atoms with van der Waals surface area (Å²) in [6, 6.07) is 8.43. The number of benzene rings is 2. The van der Waals surface area contributed by atoms with Crippen LogP contribution in [0.1, 0.15) is 5.56 Å². The molecule has 0 spiro atoms. The molecule has 0 saturated heterocycles. The molecule has 4 aromatic rings. The summed E-state index contributed by atoms with van der Waals surface area (Å²) in [5.74, 6) is -1.92. The molecule has 2 aromatic carbocycles. The van der Waals surface area contributed by atoms with E-state index in [2.05, 4.69) is 19.7 Å². The van der Waals surface area contributed by atoms with Crippen molar-refractivity contribution in [1.82, 2.24) is 19.9 Å². The molecule has 3 N–H and O–H groups in total. The molecule has 2 aromatic heterocycles. The van der Waals surface area contributed by atoms with Crippen LogP contribution in [0, 0.1) is 11.8 Å². The van der Waals surface area contributed by atoms with E-state index in [4.69, 9.17) is 5.73 Å². The van der Waals surface area contributed by atoms with Gasteiger partial charge in [-0.15, -0.1) is 0 Å². The SMILES string of the molecule is CN(C)Cc1cc(-c2nc(-c3ccc4c(=O)[nH]cc(F)c4c3)c(N)nc2F)ccc1OC(F)F. The number of ether oxygens (including phenoxy) is 1. The Morgan fingerprint density at radius 3 is 2.44 bits per heavy atom. The van der Waals surface area contributed by atoms with Crippen molar-refractivity contribution in [3.8, 4) is 28.3 Å². The number of aromatic amines is 1. The number of fused-ring (bicyclic) bond motifs is 1. The predicted octanol–water partition coefficient (Wildman–Crippen LogP) is 4.18. The first-order valence-electron chi connectivity index (χ1n) is 10.0. The summed E-state index contributed by atoms with van der Waals surface area (Å²) in [5.41, 5.74) is 6.27. The lowest BCUT2D eigenvalue weighted by Crippen LogP contribution is -2.13. The van der Waals surface area contributed by atoms with Crippen molar-refractivity contribution >= 4 is 16.6 Å². The van der Waals surface area contributed by atoms with Crippen molar-refractivity contribution in [2.45, 2.75) is 13.2 Å². The molecular formula is C23H19F4N5O2. The van der Waals surface area contributed by atoms with E-state index in [1.807, 2.05) is 0 Å². The Morgan fingerprint density at radius 2 is 1.74 bits per heavy atom. The fraction of sp³-hybridized carbons (Fsp3) is 0.174. The van der Waals surface area contributed by atoms with Gasteiger partial charge in [-0.25, -0.2) is 9.37 Å². The van der Waals surface area contributed by atoms with Crippen molar-refractivity contribution in [3.63, 3.8) is 0 Å². The quantitative estimate of drug-likeness (QED) is 0.408. The Morgan fingerprint density at radius 1 is 1.03 bits per heavy atom. The lowest BCUT2D eigenvalue weighted by molar-refractivity contribution is -0.0506. The molecule has 0 atom stereocenters. The minimum atomic E-state index is -3.02. The molecule has 0 aliphatic rings. The van der Waals surface area contributed by atoms with Crippen LogP contribution >= 0.6 is 0 Å². The van der Waals surface area contributed by atoms with Crippen LogP contribution in [0.4, 0.5) is 23.4 Å². The van der Waals surface area contributed by atoms with Crippen molar-refractivity contribution < 1.29 is 22.3 Å². The maximum atomic E-state index is 14.8. The molecular weight excluding hydrogens is 454 g/mol.